The van der Waals surface area contributed by atoms with E-state index in [1.807, 2.05) is 18.2 Å². The number of rotatable bonds is 2. The number of nitrogens with zero attached hydrogens (tertiary/aromatic N) is 2. The van der Waals surface area contributed by atoms with Gasteiger partial charge in [-0.05, 0) is 12.1 Å². The van der Waals surface area contributed by atoms with Crippen molar-refractivity contribution in [1.29, 1.82) is 0 Å². The molecule has 0 saturated carbocycles. The minimum atomic E-state index is 0.0828. The quantitative estimate of drug-likeness (QED) is 0.889. The fourth-order valence-electron chi connectivity index (χ4n) is 1.26. The van der Waals surface area contributed by atoms with Crippen LogP contribution in [0.25, 0.3) is 10.9 Å². The van der Waals surface area contributed by atoms with Gasteiger partial charge >= 0.3 is 0 Å². The second kappa shape index (κ2) is 4.02. The summed E-state index contributed by atoms with van der Waals surface area (Å²) in [5, 5.41) is 9.77. The average Bonchev–Trinajstić information content (AvgIpc) is 2.17. The summed E-state index contributed by atoms with van der Waals surface area (Å²) in [4.78, 5) is 8.46. The van der Waals surface area contributed by atoms with E-state index < -0.39 is 0 Å². The Morgan fingerprint density at radius 2 is 2.21 bits per heavy atom. The van der Waals surface area contributed by atoms with Crippen LogP contribution in [0.1, 0.15) is 5.82 Å². The van der Waals surface area contributed by atoms with Gasteiger partial charge in [0.25, 0.3) is 0 Å². The van der Waals surface area contributed by atoms with Gasteiger partial charge in [-0.1, -0.05) is 22.0 Å². The van der Waals surface area contributed by atoms with Gasteiger partial charge in [-0.25, -0.2) is 9.97 Å². The maximum absolute atomic E-state index is 8.76. The molecule has 2 rings (SSSR count). The fourth-order valence-corrected chi connectivity index (χ4v) is 1.60. The molecule has 1 heterocycles. The summed E-state index contributed by atoms with van der Waals surface area (Å²) in [6.45, 7) is 0.0828. The van der Waals surface area contributed by atoms with E-state index >= 15 is 0 Å². The second-order valence-electron chi connectivity index (χ2n) is 2.96. The number of hydrogen-bond acceptors (Lipinski definition) is 3. The highest BCUT2D eigenvalue weighted by Crippen LogP contribution is 2.17. The van der Waals surface area contributed by atoms with Gasteiger partial charge in [0.15, 0.2) is 0 Å². The molecule has 0 spiro atoms. The Hall–Kier alpha value is -1.00. The highest BCUT2D eigenvalue weighted by molar-refractivity contribution is 9.10. The molecule has 0 aliphatic heterocycles. The first-order valence-corrected chi connectivity index (χ1v) is 5.11. The van der Waals surface area contributed by atoms with E-state index in [9.17, 15) is 0 Å². The molecular weight excluding hydrogens is 244 g/mol. The number of halogens is 1. The standard InChI is InChI=1S/C10H9BrN2O/c11-8-2-1-7-6-12-10(3-4-14)13-9(7)5-8/h1-2,5-6,14H,3-4H2. The van der Waals surface area contributed by atoms with Crippen LogP contribution in [0.4, 0.5) is 0 Å². The van der Waals surface area contributed by atoms with E-state index in [2.05, 4.69) is 25.9 Å². The van der Waals surface area contributed by atoms with Crippen LogP contribution in [-0.2, 0) is 6.42 Å². The van der Waals surface area contributed by atoms with Crippen LogP contribution in [0.15, 0.2) is 28.9 Å². The summed E-state index contributed by atoms with van der Waals surface area (Å²) >= 11 is 3.39. The molecule has 0 unspecified atom stereocenters. The van der Waals surface area contributed by atoms with Crippen LogP contribution < -0.4 is 0 Å². The molecule has 0 fully saturated rings. The van der Waals surface area contributed by atoms with Crippen LogP contribution in [0.2, 0.25) is 0 Å². The third-order valence-electron chi connectivity index (χ3n) is 1.93. The molecule has 0 bridgehead atoms. The van der Waals surface area contributed by atoms with Crippen molar-refractivity contribution < 1.29 is 5.11 Å². The lowest BCUT2D eigenvalue weighted by molar-refractivity contribution is 0.297. The van der Waals surface area contributed by atoms with Crippen LogP contribution in [-0.4, -0.2) is 21.7 Å². The Kier molecular flexibility index (Phi) is 2.74. The number of hydrogen-bond donors (Lipinski definition) is 1. The lowest BCUT2D eigenvalue weighted by Gasteiger charge is -2.00. The molecule has 4 heteroatoms. The molecule has 1 N–H and O–H groups in total. The molecular formula is C10H9BrN2O. The molecule has 3 nitrogen and oxygen atoms in total. The summed E-state index contributed by atoms with van der Waals surface area (Å²) in [5.41, 5.74) is 0.901. The number of fused-ring (bicyclic) bond motifs is 1. The molecule has 0 radical (unpaired) electrons. The van der Waals surface area contributed by atoms with Crippen LogP contribution in [0.3, 0.4) is 0 Å². The summed E-state index contributed by atoms with van der Waals surface area (Å²) in [6.07, 6.45) is 2.28. The van der Waals surface area contributed by atoms with Gasteiger partial charge in [0.2, 0.25) is 0 Å². The zero-order valence-electron chi connectivity index (χ0n) is 7.44. The predicted octanol–water partition coefficient (Wildman–Crippen LogP) is 1.93. The van der Waals surface area contributed by atoms with Crippen molar-refractivity contribution >= 4 is 26.8 Å². The maximum Gasteiger partial charge on any atom is 0.131 e. The number of aliphatic hydroxyl groups is 1. The summed E-state index contributed by atoms with van der Waals surface area (Å²) < 4.78 is 0.999. The maximum atomic E-state index is 8.76. The van der Waals surface area contributed by atoms with Gasteiger partial charge < -0.3 is 5.11 Å². The van der Waals surface area contributed by atoms with Crippen molar-refractivity contribution in [2.75, 3.05) is 6.61 Å². The first-order chi connectivity index (χ1) is 6.79. The molecule has 1 aromatic heterocycles. The van der Waals surface area contributed by atoms with E-state index in [1.54, 1.807) is 6.20 Å². The highest BCUT2D eigenvalue weighted by atomic mass is 79.9. The van der Waals surface area contributed by atoms with Crippen molar-refractivity contribution in [2.45, 2.75) is 6.42 Å². The van der Waals surface area contributed by atoms with Gasteiger partial charge in [0, 0.05) is 22.5 Å². The molecule has 2 aromatic rings. The molecule has 0 aliphatic rings. The van der Waals surface area contributed by atoms with Gasteiger partial charge in [-0.15, -0.1) is 0 Å². The lowest BCUT2D eigenvalue weighted by Crippen LogP contribution is -1.98. The molecule has 72 valence electrons. The number of aliphatic hydroxyl groups excluding tert-OH is 1. The van der Waals surface area contributed by atoms with Gasteiger partial charge in [0.1, 0.15) is 5.82 Å². The van der Waals surface area contributed by atoms with Gasteiger partial charge in [0.05, 0.1) is 12.1 Å². The van der Waals surface area contributed by atoms with E-state index in [0.29, 0.717) is 12.2 Å². The van der Waals surface area contributed by atoms with E-state index in [4.69, 9.17) is 5.11 Å². The van der Waals surface area contributed by atoms with Crippen molar-refractivity contribution in [3.63, 3.8) is 0 Å². The van der Waals surface area contributed by atoms with Crippen LogP contribution >= 0.6 is 15.9 Å². The Morgan fingerprint density at radius 3 is 3.00 bits per heavy atom. The van der Waals surface area contributed by atoms with Crippen LogP contribution in [0.5, 0.6) is 0 Å². The largest absolute Gasteiger partial charge is 0.396 e. The zero-order valence-corrected chi connectivity index (χ0v) is 9.03. The minimum absolute atomic E-state index is 0.0828. The second-order valence-corrected chi connectivity index (χ2v) is 3.88. The lowest BCUT2D eigenvalue weighted by atomic mass is 10.2. The molecule has 0 saturated heterocycles. The molecule has 0 amide bonds. The van der Waals surface area contributed by atoms with Crippen LogP contribution in [0, 0.1) is 0 Å². The normalized spacial score (nSPS) is 10.7. The fraction of sp³-hybridized carbons (Fsp3) is 0.200. The topological polar surface area (TPSA) is 46.0 Å². The first kappa shape index (κ1) is 9.55. The van der Waals surface area contributed by atoms with Crippen molar-refractivity contribution in [1.82, 2.24) is 9.97 Å². The number of benzene rings is 1. The predicted molar refractivity (Wildman–Crippen MR) is 58.0 cm³/mol. The average molecular weight is 253 g/mol. The molecule has 1 aromatic carbocycles. The SMILES string of the molecule is OCCc1ncc2ccc(Br)cc2n1. The molecule has 0 aliphatic carbocycles. The zero-order chi connectivity index (χ0) is 9.97. The van der Waals surface area contributed by atoms with Crippen molar-refractivity contribution in [2.24, 2.45) is 0 Å². The van der Waals surface area contributed by atoms with Crippen molar-refractivity contribution in [3.05, 3.63) is 34.7 Å². The van der Waals surface area contributed by atoms with Crippen molar-refractivity contribution in [3.8, 4) is 0 Å². The summed E-state index contributed by atoms with van der Waals surface area (Å²) in [7, 11) is 0. The Morgan fingerprint density at radius 1 is 1.36 bits per heavy atom. The Labute approximate surface area is 89.9 Å². The first-order valence-electron chi connectivity index (χ1n) is 4.31. The van der Waals surface area contributed by atoms with Gasteiger partial charge in [-0.3, -0.25) is 0 Å². The third kappa shape index (κ3) is 1.91. The monoisotopic (exact) mass is 252 g/mol. The highest BCUT2D eigenvalue weighted by Gasteiger charge is 1.99. The third-order valence-corrected chi connectivity index (χ3v) is 2.42. The van der Waals surface area contributed by atoms with E-state index in [0.717, 1.165) is 15.4 Å². The minimum Gasteiger partial charge on any atom is -0.396 e. The molecule has 14 heavy (non-hydrogen) atoms. The van der Waals surface area contributed by atoms with E-state index in [1.165, 1.54) is 0 Å². The smallest absolute Gasteiger partial charge is 0.131 e. The Balaban J connectivity index is 2.52. The summed E-state index contributed by atoms with van der Waals surface area (Å²) in [5.74, 6) is 0.679. The van der Waals surface area contributed by atoms with E-state index in [-0.39, 0.29) is 6.61 Å². The number of aromatic nitrogens is 2. The Bertz CT molecular complexity index is 459. The summed E-state index contributed by atoms with van der Waals surface area (Å²) in [6, 6.07) is 5.86. The van der Waals surface area contributed by atoms with Gasteiger partial charge in [-0.2, -0.15) is 0 Å². The molecule has 0 atom stereocenters.